The van der Waals surface area contributed by atoms with Crippen LogP contribution in [0.3, 0.4) is 0 Å². The molecule has 0 radical (unpaired) electrons. The molecule has 4 rings (SSSR count). The number of piperidine rings is 1. The van der Waals surface area contributed by atoms with E-state index in [1.165, 1.54) is 4.68 Å². The molecule has 3 aromatic rings. The normalized spacial score (nSPS) is 19.9. The third kappa shape index (κ3) is 6.24. The number of aromatic nitrogens is 3. The van der Waals surface area contributed by atoms with Gasteiger partial charge in [-0.15, -0.1) is 0 Å². The molecule has 1 unspecified atom stereocenters. The van der Waals surface area contributed by atoms with Crippen molar-refractivity contribution in [1.82, 2.24) is 25.0 Å². The first-order chi connectivity index (χ1) is 18.4. The first-order valence-corrected chi connectivity index (χ1v) is 12.9. The lowest BCUT2D eigenvalue weighted by molar-refractivity contribution is -0.180. The molecule has 0 bridgehead atoms. The highest BCUT2D eigenvalue weighted by atomic mass is 19.4. The number of benzene rings is 1. The van der Waals surface area contributed by atoms with Crippen LogP contribution in [-0.4, -0.2) is 70.6 Å². The molecular formula is C28H34F4N6O. The van der Waals surface area contributed by atoms with Crippen LogP contribution in [0.15, 0.2) is 48.8 Å². The SMILES string of the molecule is CC(C(=O)NC/C=C/c1cc2c(N[C@@H]3CCN(C)C[C@@H]3F)cccc2c(C(C)(C)C(F)(F)F)n1)n1cccn1. The van der Waals surface area contributed by atoms with E-state index >= 15 is 0 Å². The summed E-state index contributed by atoms with van der Waals surface area (Å²) in [7, 11) is 1.86. The quantitative estimate of drug-likeness (QED) is 0.384. The molecule has 1 aliphatic rings. The van der Waals surface area contributed by atoms with Crippen LogP contribution in [0.2, 0.25) is 0 Å². The van der Waals surface area contributed by atoms with E-state index in [1.807, 2.05) is 11.9 Å². The first-order valence-electron chi connectivity index (χ1n) is 12.9. The molecule has 1 amide bonds. The molecule has 7 nitrogen and oxygen atoms in total. The molecule has 39 heavy (non-hydrogen) atoms. The van der Waals surface area contributed by atoms with Crippen molar-refractivity contribution in [3.63, 3.8) is 0 Å². The number of likely N-dealkylation sites (tertiary alicyclic amines) is 1. The molecule has 1 aliphatic heterocycles. The van der Waals surface area contributed by atoms with Gasteiger partial charge in [0, 0.05) is 48.5 Å². The summed E-state index contributed by atoms with van der Waals surface area (Å²) in [6.07, 6.45) is 1.40. The number of fused-ring (bicyclic) bond motifs is 1. The van der Waals surface area contributed by atoms with Gasteiger partial charge in [0.15, 0.2) is 0 Å². The molecule has 210 valence electrons. The van der Waals surface area contributed by atoms with E-state index in [9.17, 15) is 22.4 Å². The maximum Gasteiger partial charge on any atom is 0.399 e. The highest BCUT2D eigenvalue weighted by Crippen LogP contribution is 2.43. The predicted octanol–water partition coefficient (Wildman–Crippen LogP) is 5.12. The average Bonchev–Trinajstić information content (AvgIpc) is 3.42. The van der Waals surface area contributed by atoms with Crippen molar-refractivity contribution >= 4 is 28.4 Å². The van der Waals surface area contributed by atoms with Crippen molar-refractivity contribution in [3.8, 4) is 0 Å². The molecule has 2 N–H and O–H groups in total. The maximum absolute atomic E-state index is 14.8. The Morgan fingerprint density at radius 2 is 2.00 bits per heavy atom. The Hall–Kier alpha value is -3.47. The topological polar surface area (TPSA) is 75.1 Å². The van der Waals surface area contributed by atoms with Gasteiger partial charge in [-0.25, -0.2) is 4.39 Å². The minimum Gasteiger partial charge on any atom is -0.379 e. The predicted molar refractivity (Wildman–Crippen MR) is 144 cm³/mol. The van der Waals surface area contributed by atoms with Crippen LogP contribution in [0, 0.1) is 0 Å². The van der Waals surface area contributed by atoms with Gasteiger partial charge >= 0.3 is 6.18 Å². The van der Waals surface area contributed by atoms with Crippen molar-refractivity contribution < 1.29 is 22.4 Å². The molecule has 0 aliphatic carbocycles. The highest BCUT2D eigenvalue weighted by Gasteiger charge is 2.50. The Bertz CT molecular complexity index is 1320. The van der Waals surface area contributed by atoms with Crippen LogP contribution < -0.4 is 10.6 Å². The number of rotatable bonds is 8. The van der Waals surface area contributed by atoms with Crippen LogP contribution in [0.4, 0.5) is 23.2 Å². The van der Waals surface area contributed by atoms with Gasteiger partial charge in [-0.2, -0.15) is 18.3 Å². The van der Waals surface area contributed by atoms with E-state index in [0.717, 1.165) is 20.4 Å². The number of hydrogen-bond donors (Lipinski definition) is 2. The Labute approximate surface area is 225 Å². The van der Waals surface area contributed by atoms with Crippen molar-refractivity contribution in [2.75, 3.05) is 32.0 Å². The van der Waals surface area contributed by atoms with Gasteiger partial charge in [-0.05, 0) is 58.5 Å². The fourth-order valence-corrected chi connectivity index (χ4v) is 4.65. The van der Waals surface area contributed by atoms with Gasteiger partial charge in [-0.1, -0.05) is 18.2 Å². The van der Waals surface area contributed by atoms with Gasteiger partial charge in [0.2, 0.25) is 5.91 Å². The summed E-state index contributed by atoms with van der Waals surface area (Å²) in [6, 6.07) is 7.48. The summed E-state index contributed by atoms with van der Waals surface area (Å²) >= 11 is 0. The Morgan fingerprint density at radius 1 is 1.23 bits per heavy atom. The summed E-state index contributed by atoms with van der Waals surface area (Å²) in [6.45, 7) is 5.08. The first kappa shape index (κ1) is 28.5. The van der Waals surface area contributed by atoms with E-state index in [-0.39, 0.29) is 24.7 Å². The van der Waals surface area contributed by atoms with E-state index in [4.69, 9.17) is 0 Å². The smallest absolute Gasteiger partial charge is 0.379 e. The van der Waals surface area contributed by atoms with Crippen LogP contribution >= 0.6 is 0 Å². The van der Waals surface area contributed by atoms with Gasteiger partial charge in [-0.3, -0.25) is 14.5 Å². The highest BCUT2D eigenvalue weighted by molar-refractivity contribution is 5.97. The fraction of sp³-hybridized carbons (Fsp3) is 0.464. The molecule has 1 saturated heterocycles. The van der Waals surface area contributed by atoms with Crippen molar-refractivity contribution in [3.05, 3.63) is 60.2 Å². The monoisotopic (exact) mass is 546 g/mol. The van der Waals surface area contributed by atoms with Crippen LogP contribution in [0.25, 0.3) is 16.8 Å². The molecule has 0 saturated carbocycles. The number of hydrogen-bond acceptors (Lipinski definition) is 5. The third-order valence-electron chi connectivity index (χ3n) is 7.26. The van der Waals surface area contributed by atoms with E-state index < -0.39 is 29.8 Å². The summed E-state index contributed by atoms with van der Waals surface area (Å²) < 4.78 is 58.7. The van der Waals surface area contributed by atoms with Crippen molar-refractivity contribution in [1.29, 1.82) is 0 Å². The Morgan fingerprint density at radius 3 is 2.67 bits per heavy atom. The number of alkyl halides is 4. The second-order valence-corrected chi connectivity index (χ2v) is 10.5. The second-order valence-electron chi connectivity index (χ2n) is 10.5. The summed E-state index contributed by atoms with van der Waals surface area (Å²) in [5, 5.41) is 11.0. The second kappa shape index (κ2) is 11.3. The van der Waals surface area contributed by atoms with E-state index in [1.54, 1.807) is 61.8 Å². The minimum atomic E-state index is -4.55. The van der Waals surface area contributed by atoms with Gasteiger partial charge < -0.3 is 15.5 Å². The lowest BCUT2D eigenvalue weighted by Gasteiger charge is -2.34. The minimum absolute atomic E-state index is 0.118. The lowest BCUT2D eigenvalue weighted by Crippen LogP contribution is -2.46. The van der Waals surface area contributed by atoms with Gasteiger partial charge in [0.05, 0.1) is 17.4 Å². The Kier molecular flexibility index (Phi) is 8.29. The van der Waals surface area contributed by atoms with Gasteiger partial charge in [0.25, 0.3) is 0 Å². The molecule has 3 atom stereocenters. The van der Waals surface area contributed by atoms with Gasteiger partial charge in [0.1, 0.15) is 17.6 Å². The van der Waals surface area contributed by atoms with Crippen LogP contribution in [0.1, 0.15) is 44.6 Å². The zero-order valence-electron chi connectivity index (χ0n) is 22.5. The number of amides is 1. The molecule has 3 heterocycles. The number of halogens is 4. The largest absolute Gasteiger partial charge is 0.399 e. The zero-order valence-corrected chi connectivity index (χ0v) is 22.5. The standard InChI is InChI=1S/C28H34F4N6O/c1-18(38-14-7-13-34-38)26(39)33-12-6-8-19-16-21-20(25(35-19)27(2,3)28(30,31)32)9-5-10-23(21)36-24-11-15-37(4)17-22(24)29/h5-10,13-14,16,18,22,24,36H,11-12,15,17H2,1-4H3,(H,33,39)/b8-6+/t18?,22-,24+/m0/s1. The van der Waals surface area contributed by atoms with Crippen molar-refractivity contribution in [2.45, 2.75) is 57.0 Å². The summed E-state index contributed by atoms with van der Waals surface area (Å²) in [5.74, 6) is -0.251. The fourth-order valence-electron chi connectivity index (χ4n) is 4.65. The number of anilines is 1. The molecular weight excluding hydrogens is 512 g/mol. The lowest BCUT2D eigenvalue weighted by atomic mass is 9.84. The third-order valence-corrected chi connectivity index (χ3v) is 7.26. The molecule has 1 fully saturated rings. The number of nitrogens with zero attached hydrogens (tertiary/aromatic N) is 4. The van der Waals surface area contributed by atoms with Crippen LogP contribution in [-0.2, 0) is 10.2 Å². The van der Waals surface area contributed by atoms with E-state index in [2.05, 4.69) is 20.7 Å². The number of pyridine rings is 1. The van der Waals surface area contributed by atoms with Crippen molar-refractivity contribution in [2.24, 2.45) is 0 Å². The van der Waals surface area contributed by atoms with E-state index in [0.29, 0.717) is 28.6 Å². The number of nitrogens with one attached hydrogen (secondary N) is 2. The zero-order chi connectivity index (χ0) is 28.4. The summed E-state index contributed by atoms with van der Waals surface area (Å²) in [5.41, 5.74) is -1.50. The molecule has 0 spiro atoms. The summed E-state index contributed by atoms with van der Waals surface area (Å²) in [4.78, 5) is 18.7. The molecule has 1 aromatic carbocycles. The molecule has 11 heteroatoms. The average molecular weight is 547 g/mol. The number of carbonyl (C=O) groups is 1. The maximum atomic E-state index is 14.8. The molecule has 2 aromatic heterocycles. The Balaban J connectivity index is 1.64. The van der Waals surface area contributed by atoms with Crippen LogP contribution in [0.5, 0.6) is 0 Å². The number of carbonyl (C=O) groups excluding carboxylic acids is 1.